The number of carbonyl (C=O) groups excluding carboxylic acids is 1. The molecule has 1 aliphatic rings. The molecule has 0 radical (unpaired) electrons. The van der Waals surface area contributed by atoms with Gasteiger partial charge in [-0.25, -0.2) is 12.8 Å². The first-order chi connectivity index (χ1) is 16.1. The molecule has 0 bridgehead atoms. The Balaban J connectivity index is 1.37. The summed E-state index contributed by atoms with van der Waals surface area (Å²) in [6, 6.07) is 12.2. The highest BCUT2D eigenvalue weighted by Gasteiger charge is 2.32. The van der Waals surface area contributed by atoms with Crippen molar-refractivity contribution in [1.82, 2.24) is 14.1 Å². The van der Waals surface area contributed by atoms with Gasteiger partial charge in [-0.05, 0) is 56.2 Å². The first-order valence-corrected chi connectivity index (χ1v) is 12.9. The molecule has 0 atom stereocenters. The number of hydrogen-bond acceptors (Lipinski definition) is 4. The van der Waals surface area contributed by atoms with Gasteiger partial charge in [0.1, 0.15) is 5.82 Å². The number of benzene rings is 2. The standard InChI is InChI=1S/C23H23Cl2FN4O3S/c1-15-13-22(28-30(15)14-19-20(25)3-2-4-21(19)26)27-23(31)16-9-11-29(12-10-16)34(32,33)18-7-5-17(24)6-8-18/h2-8,13,16H,9-12,14H2,1H3,(H,27,28,31). The van der Waals surface area contributed by atoms with Gasteiger partial charge in [0.25, 0.3) is 0 Å². The number of aromatic nitrogens is 2. The number of nitrogens with one attached hydrogen (secondary N) is 1. The number of rotatable bonds is 6. The third-order valence-electron chi connectivity index (χ3n) is 5.88. The summed E-state index contributed by atoms with van der Waals surface area (Å²) in [6.45, 7) is 2.41. The minimum absolute atomic E-state index is 0.133. The van der Waals surface area contributed by atoms with Gasteiger partial charge < -0.3 is 5.32 Å². The molecular weight excluding hydrogens is 502 g/mol. The second kappa shape index (κ2) is 10.0. The fraction of sp³-hybridized carbons (Fsp3) is 0.304. The van der Waals surface area contributed by atoms with Crippen LogP contribution in [0.3, 0.4) is 0 Å². The molecule has 3 aromatic rings. The maximum Gasteiger partial charge on any atom is 0.243 e. The number of carbonyl (C=O) groups is 1. The van der Waals surface area contributed by atoms with E-state index in [1.807, 2.05) is 0 Å². The van der Waals surface area contributed by atoms with Gasteiger partial charge in [0.05, 0.1) is 11.4 Å². The van der Waals surface area contributed by atoms with Gasteiger partial charge in [0.2, 0.25) is 15.9 Å². The number of halogens is 3. The maximum absolute atomic E-state index is 14.1. The third-order valence-corrected chi connectivity index (χ3v) is 8.40. The minimum Gasteiger partial charge on any atom is -0.309 e. The normalized spacial score (nSPS) is 15.4. The van der Waals surface area contributed by atoms with Crippen LogP contribution in [-0.4, -0.2) is 41.5 Å². The van der Waals surface area contributed by atoms with Crippen molar-refractivity contribution >= 4 is 45.0 Å². The van der Waals surface area contributed by atoms with Crippen LogP contribution in [0.5, 0.6) is 0 Å². The Morgan fingerprint density at radius 2 is 1.82 bits per heavy atom. The van der Waals surface area contributed by atoms with E-state index in [9.17, 15) is 17.6 Å². The average Bonchev–Trinajstić information content (AvgIpc) is 3.15. The van der Waals surface area contributed by atoms with Crippen molar-refractivity contribution < 1.29 is 17.6 Å². The second-order valence-electron chi connectivity index (χ2n) is 8.15. The maximum atomic E-state index is 14.1. The van der Waals surface area contributed by atoms with Crippen molar-refractivity contribution in [1.29, 1.82) is 0 Å². The van der Waals surface area contributed by atoms with E-state index in [0.717, 1.165) is 5.69 Å². The zero-order valence-corrected chi connectivity index (χ0v) is 20.7. The lowest BCUT2D eigenvalue weighted by molar-refractivity contribution is -0.120. The van der Waals surface area contributed by atoms with E-state index in [0.29, 0.717) is 34.3 Å². The molecule has 0 unspecified atom stereocenters. The van der Waals surface area contributed by atoms with E-state index in [1.165, 1.54) is 40.7 Å². The van der Waals surface area contributed by atoms with Gasteiger partial charge in [0.15, 0.2) is 5.82 Å². The number of nitrogens with zero attached hydrogens (tertiary/aromatic N) is 3. The Morgan fingerprint density at radius 1 is 1.15 bits per heavy atom. The van der Waals surface area contributed by atoms with Gasteiger partial charge in [-0.1, -0.05) is 29.3 Å². The van der Waals surface area contributed by atoms with Crippen molar-refractivity contribution in [2.24, 2.45) is 5.92 Å². The lowest BCUT2D eigenvalue weighted by Crippen LogP contribution is -2.41. The molecule has 1 saturated heterocycles. The minimum atomic E-state index is -3.64. The van der Waals surface area contributed by atoms with Crippen molar-refractivity contribution in [2.45, 2.75) is 31.2 Å². The predicted octanol–water partition coefficient (Wildman–Crippen LogP) is 4.73. The van der Waals surface area contributed by atoms with Crippen LogP contribution in [0.15, 0.2) is 53.4 Å². The van der Waals surface area contributed by atoms with Gasteiger partial charge in [0, 0.05) is 46.4 Å². The fourth-order valence-electron chi connectivity index (χ4n) is 3.91. The van der Waals surface area contributed by atoms with Crippen molar-refractivity contribution in [3.63, 3.8) is 0 Å². The highest BCUT2D eigenvalue weighted by Crippen LogP contribution is 2.26. The molecule has 1 fully saturated rings. The van der Waals surface area contributed by atoms with Crippen LogP contribution in [-0.2, 0) is 21.4 Å². The lowest BCUT2D eigenvalue weighted by atomic mass is 9.97. The number of aryl methyl sites for hydroxylation is 1. The quantitative estimate of drug-likeness (QED) is 0.505. The Morgan fingerprint density at radius 3 is 2.47 bits per heavy atom. The molecule has 34 heavy (non-hydrogen) atoms. The largest absolute Gasteiger partial charge is 0.309 e. The molecule has 1 N–H and O–H groups in total. The summed E-state index contributed by atoms with van der Waals surface area (Å²) in [4.78, 5) is 13.0. The van der Waals surface area contributed by atoms with E-state index in [1.54, 1.807) is 23.7 Å². The first-order valence-electron chi connectivity index (χ1n) is 10.7. The average molecular weight is 525 g/mol. The van der Waals surface area contributed by atoms with Crippen LogP contribution in [0.25, 0.3) is 0 Å². The van der Waals surface area contributed by atoms with E-state index in [-0.39, 0.29) is 36.4 Å². The molecule has 1 aliphatic heterocycles. The molecule has 2 aromatic carbocycles. The summed E-state index contributed by atoms with van der Waals surface area (Å²) in [5.74, 6) is -0.639. The van der Waals surface area contributed by atoms with E-state index in [2.05, 4.69) is 10.4 Å². The smallest absolute Gasteiger partial charge is 0.243 e. The molecular formula is C23H23Cl2FN4O3S. The second-order valence-corrected chi connectivity index (χ2v) is 10.9. The Kier molecular flexibility index (Phi) is 7.28. The van der Waals surface area contributed by atoms with Gasteiger partial charge in [-0.15, -0.1) is 0 Å². The molecule has 0 saturated carbocycles. The van der Waals surface area contributed by atoms with Crippen molar-refractivity contribution in [2.75, 3.05) is 18.4 Å². The summed E-state index contributed by atoms with van der Waals surface area (Å²) in [7, 11) is -3.64. The Hall–Kier alpha value is -2.46. The number of sulfonamides is 1. The van der Waals surface area contributed by atoms with Crippen LogP contribution >= 0.6 is 23.2 Å². The SMILES string of the molecule is Cc1cc(NC(=O)C2CCN(S(=O)(=O)c3ccc(Cl)cc3)CC2)nn1Cc1c(F)cccc1Cl. The molecule has 180 valence electrons. The summed E-state index contributed by atoms with van der Waals surface area (Å²) in [6.07, 6.45) is 0.784. The lowest BCUT2D eigenvalue weighted by Gasteiger charge is -2.30. The van der Waals surface area contributed by atoms with E-state index < -0.39 is 15.8 Å². The van der Waals surface area contributed by atoms with Crippen molar-refractivity contribution in [3.05, 3.63) is 75.7 Å². The van der Waals surface area contributed by atoms with E-state index in [4.69, 9.17) is 23.2 Å². The molecule has 4 rings (SSSR count). The molecule has 7 nitrogen and oxygen atoms in total. The number of amides is 1. The van der Waals surface area contributed by atoms with Crippen LogP contribution in [0.2, 0.25) is 10.0 Å². The number of piperidine rings is 1. The molecule has 1 amide bonds. The van der Waals surface area contributed by atoms with Crippen molar-refractivity contribution in [3.8, 4) is 0 Å². The third kappa shape index (κ3) is 5.27. The zero-order chi connectivity index (χ0) is 24.5. The van der Waals surface area contributed by atoms with Crippen LogP contribution in [0.4, 0.5) is 10.2 Å². The summed E-state index contributed by atoms with van der Waals surface area (Å²) in [5.41, 5.74) is 1.06. The first kappa shape index (κ1) is 24.7. The summed E-state index contributed by atoms with van der Waals surface area (Å²) in [5, 5.41) is 7.93. The van der Waals surface area contributed by atoms with Gasteiger partial charge >= 0.3 is 0 Å². The van der Waals surface area contributed by atoms with Gasteiger partial charge in [-0.3, -0.25) is 9.48 Å². The number of hydrogen-bond donors (Lipinski definition) is 1. The summed E-state index contributed by atoms with van der Waals surface area (Å²) < 4.78 is 42.8. The highest BCUT2D eigenvalue weighted by atomic mass is 35.5. The summed E-state index contributed by atoms with van der Waals surface area (Å²) >= 11 is 12.0. The van der Waals surface area contributed by atoms with Gasteiger partial charge in [-0.2, -0.15) is 9.40 Å². The van der Waals surface area contributed by atoms with E-state index >= 15 is 0 Å². The zero-order valence-electron chi connectivity index (χ0n) is 18.3. The molecule has 1 aromatic heterocycles. The predicted molar refractivity (Wildman–Crippen MR) is 129 cm³/mol. The van der Waals surface area contributed by atoms with Crippen LogP contribution in [0.1, 0.15) is 24.1 Å². The molecule has 0 spiro atoms. The monoisotopic (exact) mass is 524 g/mol. The molecule has 0 aliphatic carbocycles. The van der Waals surface area contributed by atoms with Crippen LogP contribution < -0.4 is 5.32 Å². The Bertz CT molecular complexity index is 1280. The highest BCUT2D eigenvalue weighted by molar-refractivity contribution is 7.89. The molecule has 2 heterocycles. The topological polar surface area (TPSA) is 84.3 Å². The fourth-order valence-corrected chi connectivity index (χ4v) is 5.73. The number of anilines is 1. The van der Waals surface area contributed by atoms with Crippen LogP contribution in [0, 0.1) is 18.7 Å². The Labute approximate surface area is 207 Å². The molecule has 11 heteroatoms.